The average Bonchev–Trinajstić information content (AvgIpc) is 3.07. The highest BCUT2D eigenvalue weighted by Crippen LogP contribution is 2.68. The van der Waals surface area contributed by atoms with E-state index in [1.165, 1.54) is 32.1 Å². The van der Waals surface area contributed by atoms with E-state index in [-0.39, 0.29) is 12.0 Å². The van der Waals surface area contributed by atoms with Crippen LogP contribution in [0.15, 0.2) is 0 Å². The number of fused-ring (bicyclic) bond motifs is 5. The van der Waals surface area contributed by atoms with Gasteiger partial charge in [-0.1, -0.05) is 20.8 Å². The number of hydrogen-bond donors (Lipinski definition) is 2. The van der Waals surface area contributed by atoms with Crippen molar-refractivity contribution in [2.24, 2.45) is 46.3 Å². The van der Waals surface area contributed by atoms with Gasteiger partial charge in [-0.25, -0.2) is 8.37 Å². The zero-order valence-electron chi connectivity index (χ0n) is 20.7. The predicted molar refractivity (Wildman–Crippen MR) is 128 cm³/mol. The number of rotatable bonds is 8. The quantitative estimate of drug-likeness (QED) is 0.334. The first-order valence-corrected chi connectivity index (χ1v) is 15.7. The SMILES string of the molecule is C[C@H](CCCOS(=O)(=O)O)[C@H]1CC[C@H]2[C@@H]3CC[C@H]4C[C@@H](OS(=O)(=O)O)CC[C@]4(C)[C@H]3CC[C@]12C. The molecule has 198 valence electrons. The van der Waals surface area contributed by atoms with Crippen molar-refractivity contribution in [3.8, 4) is 0 Å². The fourth-order valence-electron chi connectivity index (χ4n) is 9.22. The molecule has 9 atom stereocenters. The fraction of sp³-hybridized carbons (Fsp3) is 1.00. The molecule has 0 heterocycles. The minimum absolute atomic E-state index is 0.0305. The number of hydrogen-bond acceptors (Lipinski definition) is 6. The summed E-state index contributed by atoms with van der Waals surface area (Å²) in [6.07, 6.45) is 10.6. The lowest BCUT2D eigenvalue weighted by Crippen LogP contribution is -2.54. The van der Waals surface area contributed by atoms with Crippen LogP contribution in [0.5, 0.6) is 0 Å². The fourth-order valence-corrected chi connectivity index (χ4v) is 10.1. The van der Waals surface area contributed by atoms with Crippen molar-refractivity contribution in [3.63, 3.8) is 0 Å². The van der Waals surface area contributed by atoms with Crippen LogP contribution in [-0.4, -0.2) is 38.7 Å². The van der Waals surface area contributed by atoms with Gasteiger partial charge in [-0.05, 0) is 117 Å². The van der Waals surface area contributed by atoms with Gasteiger partial charge in [0.05, 0.1) is 12.7 Å². The third-order valence-corrected chi connectivity index (χ3v) is 11.7. The van der Waals surface area contributed by atoms with Crippen molar-refractivity contribution in [3.05, 3.63) is 0 Å². The second-order valence-electron chi connectivity index (χ2n) is 12.2. The van der Waals surface area contributed by atoms with E-state index in [1.807, 2.05) is 0 Å². The molecular formula is C24H42O8S2. The molecule has 0 bridgehead atoms. The van der Waals surface area contributed by atoms with Crippen molar-refractivity contribution in [2.75, 3.05) is 6.61 Å². The average molecular weight is 523 g/mol. The molecule has 4 aliphatic carbocycles. The third-order valence-electron chi connectivity index (χ3n) is 10.7. The molecule has 8 nitrogen and oxygen atoms in total. The molecule has 4 rings (SSSR count). The van der Waals surface area contributed by atoms with Crippen LogP contribution >= 0.6 is 0 Å². The van der Waals surface area contributed by atoms with Crippen LogP contribution in [0, 0.1) is 46.3 Å². The molecule has 0 spiro atoms. The van der Waals surface area contributed by atoms with Crippen molar-refractivity contribution in [1.29, 1.82) is 0 Å². The molecule has 4 aliphatic rings. The summed E-state index contributed by atoms with van der Waals surface area (Å²) in [4.78, 5) is 0. The van der Waals surface area contributed by atoms with Crippen LogP contribution in [0.4, 0.5) is 0 Å². The second kappa shape index (κ2) is 9.56. The Bertz CT molecular complexity index is 950. The largest absolute Gasteiger partial charge is 0.397 e. The van der Waals surface area contributed by atoms with Crippen molar-refractivity contribution in [1.82, 2.24) is 0 Å². The first-order valence-electron chi connectivity index (χ1n) is 13.0. The highest BCUT2D eigenvalue weighted by molar-refractivity contribution is 7.81. The van der Waals surface area contributed by atoms with Gasteiger partial charge in [-0.15, -0.1) is 0 Å². The molecule has 4 saturated carbocycles. The first-order chi connectivity index (χ1) is 15.7. The Morgan fingerprint density at radius 1 is 0.882 bits per heavy atom. The van der Waals surface area contributed by atoms with Gasteiger partial charge in [0.1, 0.15) is 0 Å². The highest BCUT2D eigenvalue weighted by atomic mass is 32.3. The van der Waals surface area contributed by atoms with Crippen LogP contribution in [0.3, 0.4) is 0 Å². The van der Waals surface area contributed by atoms with E-state index in [4.69, 9.17) is 13.3 Å². The molecule has 34 heavy (non-hydrogen) atoms. The monoisotopic (exact) mass is 522 g/mol. The van der Waals surface area contributed by atoms with Gasteiger partial charge in [0.15, 0.2) is 0 Å². The molecule has 0 unspecified atom stereocenters. The topological polar surface area (TPSA) is 127 Å². The van der Waals surface area contributed by atoms with Gasteiger partial charge in [0.25, 0.3) is 0 Å². The molecule has 0 aromatic rings. The summed E-state index contributed by atoms with van der Waals surface area (Å²) in [5.41, 5.74) is 0.513. The van der Waals surface area contributed by atoms with Gasteiger partial charge >= 0.3 is 20.8 Å². The van der Waals surface area contributed by atoms with Crippen molar-refractivity contribution < 1.29 is 34.3 Å². The van der Waals surface area contributed by atoms with Gasteiger partial charge in [-0.3, -0.25) is 9.11 Å². The summed E-state index contributed by atoms with van der Waals surface area (Å²) < 4.78 is 71.4. The zero-order valence-corrected chi connectivity index (χ0v) is 22.3. The van der Waals surface area contributed by atoms with Gasteiger partial charge in [-0.2, -0.15) is 16.8 Å². The summed E-state index contributed by atoms with van der Waals surface area (Å²) in [6, 6.07) is 0. The lowest BCUT2D eigenvalue weighted by atomic mass is 9.44. The summed E-state index contributed by atoms with van der Waals surface area (Å²) in [7, 11) is -8.77. The Hall–Kier alpha value is -0.260. The Kier molecular flexibility index (Phi) is 7.53. The summed E-state index contributed by atoms with van der Waals surface area (Å²) in [6.45, 7) is 7.22. The summed E-state index contributed by atoms with van der Waals surface area (Å²) in [5.74, 6) is 3.62. The highest BCUT2D eigenvalue weighted by Gasteiger charge is 2.60. The van der Waals surface area contributed by atoms with Crippen LogP contribution in [0.1, 0.15) is 91.4 Å². The molecule has 0 radical (unpaired) electrons. The van der Waals surface area contributed by atoms with Crippen LogP contribution in [-0.2, 0) is 29.2 Å². The second-order valence-corrected chi connectivity index (χ2v) is 14.3. The normalized spacial score (nSPS) is 43.6. The molecule has 0 aromatic carbocycles. The summed E-state index contributed by atoms with van der Waals surface area (Å²) >= 11 is 0. The van der Waals surface area contributed by atoms with Gasteiger partial charge in [0.2, 0.25) is 0 Å². The van der Waals surface area contributed by atoms with Crippen molar-refractivity contribution in [2.45, 2.75) is 97.5 Å². The van der Waals surface area contributed by atoms with E-state index in [0.29, 0.717) is 60.2 Å². The Morgan fingerprint density at radius 3 is 2.24 bits per heavy atom. The first kappa shape index (κ1) is 26.8. The Labute approximate surface area is 205 Å². The van der Waals surface area contributed by atoms with E-state index in [0.717, 1.165) is 19.3 Å². The van der Waals surface area contributed by atoms with E-state index >= 15 is 0 Å². The predicted octanol–water partition coefficient (Wildman–Crippen LogP) is 5.07. The Morgan fingerprint density at radius 2 is 1.56 bits per heavy atom. The van der Waals surface area contributed by atoms with E-state index in [1.54, 1.807) is 0 Å². The third kappa shape index (κ3) is 5.37. The molecule has 4 fully saturated rings. The molecule has 0 amide bonds. The molecule has 10 heteroatoms. The van der Waals surface area contributed by atoms with E-state index in [2.05, 4.69) is 25.0 Å². The minimum Gasteiger partial charge on any atom is -0.264 e. The standard InChI is InChI=1S/C24H42O8S2/c1-16(5-4-14-31-33(25,26)27)20-8-9-21-19-7-6-17-15-18(32-34(28,29)30)10-12-23(17,2)22(19)11-13-24(20,21)3/h16-22H,4-15H2,1-3H3,(H,25,26,27)(H,28,29,30)/t16-,17+,18+,19+,20-,21+,22+,23+,24-/m1/s1. The molecule has 0 aliphatic heterocycles. The maximum absolute atomic E-state index is 11.2. The van der Waals surface area contributed by atoms with Crippen LogP contribution in [0.25, 0.3) is 0 Å². The zero-order chi connectivity index (χ0) is 24.9. The molecule has 0 aromatic heterocycles. The molecular weight excluding hydrogens is 480 g/mol. The lowest BCUT2D eigenvalue weighted by molar-refractivity contribution is -0.127. The van der Waals surface area contributed by atoms with Crippen LogP contribution < -0.4 is 0 Å². The van der Waals surface area contributed by atoms with E-state index in [9.17, 15) is 16.8 Å². The van der Waals surface area contributed by atoms with Crippen molar-refractivity contribution >= 4 is 20.8 Å². The van der Waals surface area contributed by atoms with Crippen LogP contribution in [0.2, 0.25) is 0 Å². The lowest BCUT2D eigenvalue weighted by Gasteiger charge is -2.61. The summed E-state index contributed by atoms with van der Waals surface area (Å²) in [5, 5.41) is 0. The smallest absolute Gasteiger partial charge is 0.264 e. The minimum atomic E-state index is -4.40. The molecule has 0 saturated heterocycles. The van der Waals surface area contributed by atoms with Gasteiger partial charge < -0.3 is 0 Å². The Balaban J connectivity index is 1.40. The van der Waals surface area contributed by atoms with Gasteiger partial charge in [0, 0.05) is 0 Å². The molecule has 2 N–H and O–H groups in total. The maximum atomic E-state index is 11.2. The maximum Gasteiger partial charge on any atom is 0.397 e. The van der Waals surface area contributed by atoms with E-state index < -0.39 is 26.9 Å².